The Balaban J connectivity index is 1.43. The Bertz CT molecular complexity index is 1290. The molecule has 1 aliphatic heterocycles. The highest BCUT2D eigenvalue weighted by Crippen LogP contribution is 2.32. The van der Waals surface area contributed by atoms with Crippen molar-refractivity contribution in [1.82, 2.24) is 24.8 Å². The van der Waals surface area contributed by atoms with Gasteiger partial charge in [-0.25, -0.2) is 8.42 Å². The molecule has 0 radical (unpaired) electrons. The SMILES string of the molecule is CCN(CC)S(=O)(=O)c1ccc2nnn(OCC(=O)N[C@@H](C)c3ccc4c(c3)OCCO4)c2c1. The van der Waals surface area contributed by atoms with E-state index >= 15 is 0 Å². The summed E-state index contributed by atoms with van der Waals surface area (Å²) in [5.74, 6) is 0.945. The third-order valence-corrected chi connectivity index (χ3v) is 7.54. The first-order valence-corrected chi connectivity index (χ1v) is 12.4. The summed E-state index contributed by atoms with van der Waals surface area (Å²) in [6.45, 7) is 6.76. The highest BCUT2D eigenvalue weighted by Gasteiger charge is 2.23. The number of ether oxygens (including phenoxy) is 2. The van der Waals surface area contributed by atoms with Crippen LogP contribution >= 0.6 is 0 Å². The molecule has 3 aromatic rings. The summed E-state index contributed by atoms with van der Waals surface area (Å²) in [6, 6.07) is 9.70. The molecule has 1 aromatic heterocycles. The molecule has 11 nitrogen and oxygen atoms in total. The van der Waals surface area contributed by atoms with Crippen LogP contribution in [0.25, 0.3) is 11.0 Å². The van der Waals surface area contributed by atoms with Gasteiger partial charge in [-0.1, -0.05) is 24.8 Å². The number of aromatic nitrogens is 3. The van der Waals surface area contributed by atoms with Gasteiger partial charge >= 0.3 is 0 Å². The second-order valence-corrected chi connectivity index (χ2v) is 9.61. The van der Waals surface area contributed by atoms with Gasteiger partial charge in [0.1, 0.15) is 24.2 Å². The van der Waals surface area contributed by atoms with Gasteiger partial charge < -0.3 is 19.6 Å². The monoisotopic (exact) mass is 489 g/mol. The average molecular weight is 490 g/mol. The molecule has 0 bridgehead atoms. The van der Waals surface area contributed by atoms with Crippen LogP contribution < -0.4 is 19.6 Å². The Kier molecular flexibility index (Phi) is 6.89. The van der Waals surface area contributed by atoms with Crippen molar-refractivity contribution >= 4 is 27.0 Å². The maximum Gasteiger partial charge on any atom is 0.261 e. The van der Waals surface area contributed by atoms with E-state index in [0.717, 1.165) is 10.4 Å². The largest absolute Gasteiger partial charge is 0.486 e. The lowest BCUT2D eigenvalue weighted by atomic mass is 10.1. The summed E-state index contributed by atoms with van der Waals surface area (Å²) < 4.78 is 38.1. The molecule has 1 N–H and O–H groups in total. The maximum absolute atomic E-state index is 12.8. The van der Waals surface area contributed by atoms with Crippen molar-refractivity contribution in [3.63, 3.8) is 0 Å². The number of hydrogen-bond acceptors (Lipinski definition) is 8. The topological polar surface area (TPSA) is 125 Å². The van der Waals surface area contributed by atoms with Crippen LogP contribution in [0.2, 0.25) is 0 Å². The van der Waals surface area contributed by atoms with Crippen LogP contribution in [0.3, 0.4) is 0 Å². The van der Waals surface area contributed by atoms with Crippen molar-refractivity contribution in [2.75, 3.05) is 32.9 Å². The van der Waals surface area contributed by atoms with Crippen LogP contribution in [-0.2, 0) is 14.8 Å². The molecule has 12 heteroatoms. The molecule has 0 fully saturated rings. The zero-order valence-electron chi connectivity index (χ0n) is 19.2. The van der Waals surface area contributed by atoms with Crippen molar-refractivity contribution < 1.29 is 27.5 Å². The van der Waals surface area contributed by atoms with Gasteiger partial charge in [-0.3, -0.25) is 4.79 Å². The van der Waals surface area contributed by atoms with Gasteiger partial charge in [0, 0.05) is 13.1 Å². The molecule has 0 unspecified atom stereocenters. The molecule has 0 aliphatic carbocycles. The van der Waals surface area contributed by atoms with E-state index in [0.29, 0.717) is 48.8 Å². The minimum absolute atomic E-state index is 0.104. The number of nitrogens with one attached hydrogen (secondary N) is 1. The molecule has 2 aromatic carbocycles. The number of nitrogens with zero attached hydrogens (tertiary/aromatic N) is 4. The van der Waals surface area contributed by atoms with E-state index in [-0.39, 0.29) is 23.5 Å². The second kappa shape index (κ2) is 9.85. The van der Waals surface area contributed by atoms with Gasteiger partial charge in [-0.2, -0.15) is 4.31 Å². The lowest BCUT2D eigenvalue weighted by Gasteiger charge is -2.21. The van der Waals surface area contributed by atoms with E-state index in [4.69, 9.17) is 14.3 Å². The van der Waals surface area contributed by atoms with Crippen molar-refractivity contribution in [1.29, 1.82) is 0 Å². The number of carbonyl (C=O) groups excluding carboxylic acids is 1. The van der Waals surface area contributed by atoms with Gasteiger partial charge in [0.2, 0.25) is 10.0 Å². The van der Waals surface area contributed by atoms with E-state index in [9.17, 15) is 13.2 Å². The highest BCUT2D eigenvalue weighted by atomic mass is 32.2. The summed E-state index contributed by atoms with van der Waals surface area (Å²) in [6.07, 6.45) is 0. The quantitative estimate of drug-likeness (QED) is 0.480. The molecule has 34 heavy (non-hydrogen) atoms. The fourth-order valence-electron chi connectivity index (χ4n) is 3.66. The van der Waals surface area contributed by atoms with Gasteiger partial charge in [0.15, 0.2) is 18.1 Å². The van der Waals surface area contributed by atoms with Crippen LogP contribution in [0.5, 0.6) is 11.5 Å². The molecule has 1 atom stereocenters. The fraction of sp³-hybridized carbons (Fsp3) is 0.409. The number of rotatable bonds is 9. The second-order valence-electron chi connectivity index (χ2n) is 7.67. The van der Waals surface area contributed by atoms with Crippen molar-refractivity contribution in [3.05, 3.63) is 42.0 Å². The number of sulfonamides is 1. The lowest BCUT2D eigenvalue weighted by Crippen LogP contribution is -2.34. The predicted molar refractivity (Wildman–Crippen MR) is 123 cm³/mol. The van der Waals surface area contributed by atoms with Crippen molar-refractivity contribution in [2.45, 2.75) is 31.7 Å². The summed E-state index contributed by atoms with van der Waals surface area (Å²) in [5.41, 5.74) is 1.65. The molecule has 0 saturated carbocycles. The van der Waals surface area contributed by atoms with Crippen molar-refractivity contribution in [2.24, 2.45) is 0 Å². The van der Waals surface area contributed by atoms with Crippen molar-refractivity contribution in [3.8, 4) is 11.5 Å². The lowest BCUT2D eigenvalue weighted by molar-refractivity contribution is -0.127. The Hall–Kier alpha value is -3.38. The Morgan fingerprint density at radius 3 is 2.62 bits per heavy atom. The fourth-order valence-corrected chi connectivity index (χ4v) is 5.14. The first-order chi connectivity index (χ1) is 16.3. The van der Waals surface area contributed by atoms with Gasteiger partial charge in [0.05, 0.1) is 10.9 Å². The zero-order valence-corrected chi connectivity index (χ0v) is 20.0. The Morgan fingerprint density at radius 2 is 1.88 bits per heavy atom. The molecule has 1 amide bonds. The van der Waals surface area contributed by atoms with E-state index < -0.39 is 10.0 Å². The van der Waals surface area contributed by atoms with Gasteiger partial charge in [-0.05, 0) is 48.0 Å². The molecule has 1 aliphatic rings. The normalized spacial score (nSPS) is 14.2. The number of amides is 1. The smallest absolute Gasteiger partial charge is 0.261 e. The summed E-state index contributed by atoms with van der Waals surface area (Å²) in [5, 5.41) is 10.7. The minimum atomic E-state index is -3.66. The number of hydrogen-bond donors (Lipinski definition) is 1. The van der Waals surface area contributed by atoms with Crippen LogP contribution in [0, 0.1) is 0 Å². The highest BCUT2D eigenvalue weighted by molar-refractivity contribution is 7.89. The van der Waals surface area contributed by atoms with Crippen LogP contribution in [0.4, 0.5) is 0 Å². The Morgan fingerprint density at radius 1 is 1.15 bits per heavy atom. The third kappa shape index (κ3) is 4.77. The molecule has 2 heterocycles. The molecular weight excluding hydrogens is 462 g/mol. The predicted octanol–water partition coefficient (Wildman–Crippen LogP) is 1.54. The van der Waals surface area contributed by atoms with Crippen LogP contribution in [-0.4, -0.2) is 66.7 Å². The first kappa shape index (κ1) is 23.8. The van der Waals surface area contributed by atoms with Crippen LogP contribution in [0.15, 0.2) is 41.3 Å². The summed E-state index contributed by atoms with van der Waals surface area (Å²) in [4.78, 5) is 19.2. The first-order valence-electron chi connectivity index (χ1n) is 11.0. The Labute approximate surface area is 197 Å². The average Bonchev–Trinajstić information content (AvgIpc) is 3.25. The van der Waals surface area contributed by atoms with E-state index in [1.165, 1.54) is 16.4 Å². The standard InChI is InChI=1S/C22H27N5O6S/c1-4-26(5-2)34(29,30)17-7-8-18-19(13-17)27(25-24-18)33-14-22(28)23-15(3)16-6-9-20-21(12-16)32-11-10-31-20/h6-9,12-13,15H,4-5,10-11,14H2,1-3H3,(H,23,28)/t15-/m0/s1. The number of fused-ring (bicyclic) bond motifs is 2. The number of benzene rings is 2. The van der Waals surface area contributed by atoms with Crippen LogP contribution in [0.1, 0.15) is 32.4 Å². The summed E-state index contributed by atoms with van der Waals surface area (Å²) in [7, 11) is -3.66. The van der Waals surface area contributed by atoms with E-state index in [1.54, 1.807) is 19.9 Å². The molecule has 4 rings (SSSR count). The molecule has 182 valence electrons. The maximum atomic E-state index is 12.8. The molecular formula is C22H27N5O6S. The third-order valence-electron chi connectivity index (χ3n) is 5.49. The van der Waals surface area contributed by atoms with Gasteiger partial charge in [-0.15, -0.1) is 5.10 Å². The zero-order chi connectivity index (χ0) is 24.3. The van der Waals surface area contributed by atoms with E-state index in [1.807, 2.05) is 25.1 Å². The summed E-state index contributed by atoms with van der Waals surface area (Å²) >= 11 is 0. The molecule has 0 saturated heterocycles. The molecule has 0 spiro atoms. The van der Waals surface area contributed by atoms with Gasteiger partial charge in [0.25, 0.3) is 5.91 Å². The number of carbonyl (C=O) groups is 1. The van der Waals surface area contributed by atoms with E-state index in [2.05, 4.69) is 15.6 Å². The minimum Gasteiger partial charge on any atom is -0.486 e.